The molecule has 0 spiro atoms. The molecule has 3 aliphatic rings. The third-order valence-electron chi connectivity index (χ3n) is 21.7. The molecule has 62 heteroatoms. The number of nitro benzene ring substituents is 3. The van der Waals surface area contributed by atoms with Crippen molar-refractivity contribution in [2.75, 3.05) is 58.3 Å². The first-order valence-electron chi connectivity index (χ1n) is 45.6. The lowest BCUT2D eigenvalue weighted by Crippen LogP contribution is -2.59. The van der Waals surface area contributed by atoms with E-state index in [1.807, 2.05) is 0 Å². The van der Waals surface area contributed by atoms with Crippen molar-refractivity contribution in [1.82, 2.24) is 74.4 Å². The van der Waals surface area contributed by atoms with Gasteiger partial charge in [-0.2, -0.15) is 11.8 Å². The summed E-state index contributed by atoms with van der Waals surface area (Å²) in [7, 11) is 0. The molecule has 34 N–H and O–H groups in total. The van der Waals surface area contributed by atoms with Crippen LogP contribution in [-0.4, -0.2) is 302 Å². The number of amides is 19. The summed E-state index contributed by atoms with van der Waals surface area (Å²) >= 11 is 3.01. The number of nitrogens with one attached hydrogen (secondary N) is 14. The minimum Gasteiger partial charge on any atom is -0.492 e. The van der Waals surface area contributed by atoms with Gasteiger partial charge in [0.15, 0.2) is 0 Å². The van der Waals surface area contributed by atoms with E-state index in [2.05, 4.69) is 74.4 Å². The summed E-state index contributed by atoms with van der Waals surface area (Å²) < 4.78 is 17.5. The Morgan fingerprint density at radius 1 is 0.423 bits per heavy atom. The maximum absolute atomic E-state index is 14.2. The number of nitro groups is 3. The number of primary amides is 5. The number of aliphatic hydroxyl groups excluding tert-OH is 1. The molecule has 19 amide bonds. The number of aliphatic carboxylic acids is 3. The van der Waals surface area contributed by atoms with Crippen molar-refractivity contribution in [2.45, 2.75) is 200 Å². The third-order valence-corrected chi connectivity index (χ3v) is 23.6. The molecule has 0 aromatic heterocycles. The number of halogens is 1. The number of fused-ring (bicyclic) bond motifs is 4. The molecule has 0 saturated carbocycles. The number of thioether (sulfide) groups is 1. The fourth-order valence-corrected chi connectivity index (χ4v) is 15.7. The smallest absolute Gasteiger partial charge is 0.303 e. The van der Waals surface area contributed by atoms with Crippen LogP contribution in [0.5, 0.6) is 17.2 Å². The number of nitrogens with two attached hydrogens (primary N) is 8. The van der Waals surface area contributed by atoms with Crippen LogP contribution >= 0.6 is 34.4 Å². The Balaban J connectivity index is 0.000000461. The van der Waals surface area contributed by atoms with E-state index in [1.54, 1.807) is 46.9 Å². The van der Waals surface area contributed by atoms with Gasteiger partial charge >= 0.3 is 17.9 Å². The molecular formula is C87H116IN25O35S. The molecule has 3 aliphatic heterocycles. The van der Waals surface area contributed by atoms with Crippen molar-refractivity contribution in [2.24, 2.45) is 45.9 Å². The van der Waals surface area contributed by atoms with Crippen LogP contribution in [0.3, 0.4) is 0 Å². The Kier molecular flexibility index (Phi) is 51.2. The number of aliphatic hydroxyl groups is 1. The van der Waals surface area contributed by atoms with Crippen LogP contribution < -0.4 is 135 Å². The normalized spacial score (nSPS) is 20.8. The van der Waals surface area contributed by atoms with Gasteiger partial charge in [0.1, 0.15) is 103 Å². The van der Waals surface area contributed by atoms with Gasteiger partial charge in [-0.25, -0.2) is 0 Å². The van der Waals surface area contributed by atoms with Gasteiger partial charge in [-0.3, -0.25) is 136 Å². The summed E-state index contributed by atoms with van der Waals surface area (Å²) in [6, 6.07) is -4.87. The summed E-state index contributed by atoms with van der Waals surface area (Å²) in [6.07, 6.45) is -4.42. The maximum atomic E-state index is 14.2. The largest absolute Gasteiger partial charge is 0.492 e. The minimum absolute atomic E-state index is 0.00767. The fraction of sp³-hybridized carbons (Fsp3) is 0.471. The molecule has 13 atom stereocenters. The predicted molar refractivity (Wildman–Crippen MR) is 524 cm³/mol. The zero-order chi connectivity index (χ0) is 111. The first kappa shape index (κ1) is 123. The molecule has 60 nitrogen and oxygen atoms in total. The van der Waals surface area contributed by atoms with E-state index in [0.717, 1.165) is 30.3 Å². The van der Waals surface area contributed by atoms with Crippen LogP contribution in [0.1, 0.15) is 163 Å². The highest BCUT2D eigenvalue weighted by atomic mass is 127. The van der Waals surface area contributed by atoms with E-state index in [4.69, 9.17) is 65.2 Å². The topological polar surface area (TPSA) is 990 Å². The highest BCUT2D eigenvalue weighted by molar-refractivity contribution is 14.1. The number of ether oxygens (including phenoxy) is 3. The standard InChI is InChI=1S/C46H62N14O20.C21H29IN6O8.C20H25N5O7S/c47-15-3-1-5-27-43(71)57-31(41(69)51-19-35(49)61)21-79-33-11-7-24(60(77)78)18-26(33)40(68)54-30(10-14-38(65)66)46(74)56-28(6-2-4-16-48)44(72)58-32(42(70)52-20-36(50)62)22-80-34-12-8-23(59(75)76)17-25(34)39(67)53-29(45(73)55-27)9-13-37(63)64;1-10(29)16-21(33)25-14(18(24)30)5-7-36-17-12(8-11(28(34)35)9-13(17)22)19(31)26-15(20(32)27-16)4-2-3-6-23;21-15(26)7-13-20(32)25-14(17(22)29)9-33-8-10-3-1-2-4-11(10)18(30)23-12(19(31)24-13)5-6-16(27)28/h7-8,11-12,17-18,27-32H,1-6,9-10,13-16,19-22,47-48H2,(H2,49,61)(H2,50,62)(H,51,69)(H,52,70)(H,53,67)(H,54,68)(H,55,73)(H,56,74)(H,57,71)(H,58,72)(H,63,64)(H,65,66);8-10,14-16,29H,2-7,23H2,1H3,(H2,24,30)(H,25,33)(H,26,31)(H,27,32);1-4,12-14H,5-9H2,(H2,21,26)(H2,22,29)(H,23,30)(H,24,31)(H,25,32)(H,27,28)/t27-,28-,29+,30+,31?,32?;10?,14?,15-,16-;12-,13-,14?/m100/s1. The van der Waals surface area contributed by atoms with Crippen molar-refractivity contribution in [3.63, 3.8) is 0 Å². The predicted octanol–water partition coefficient (Wildman–Crippen LogP) is -7.43. The molecule has 0 aliphatic carbocycles. The number of hydrogen-bond acceptors (Lipinski definition) is 36. The number of unbranched alkanes of at least 4 members (excludes halogenated alkanes) is 3. The van der Waals surface area contributed by atoms with Crippen LogP contribution in [0.4, 0.5) is 17.1 Å². The number of carboxylic acid groups (broad SMARTS) is 3. The Labute approximate surface area is 862 Å². The number of carbonyl (C=O) groups excluding carboxylic acids is 19. The summed E-state index contributed by atoms with van der Waals surface area (Å²) in [5, 5.41) is 106. The Hall–Kier alpha value is -16.3. The number of carboxylic acids is 3. The lowest BCUT2D eigenvalue weighted by molar-refractivity contribution is -0.385. The number of nitrogens with zero attached hydrogens (tertiary/aromatic N) is 3. The van der Waals surface area contributed by atoms with Crippen LogP contribution in [0, 0.1) is 33.9 Å². The quantitative estimate of drug-likeness (QED) is 0.00880. The minimum atomic E-state index is -1.89. The second-order valence-corrected chi connectivity index (χ2v) is 35.3. The van der Waals surface area contributed by atoms with E-state index in [9.17, 15) is 151 Å². The number of carbonyl (C=O) groups is 22. The number of hydrogen-bond donors (Lipinski definition) is 26. The number of benzene rings is 4. The average Bonchev–Trinajstić information content (AvgIpc) is 0.807. The first-order valence-corrected chi connectivity index (χ1v) is 47.8. The molecule has 7 rings (SSSR count). The van der Waals surface area contributed by atoms with Crippen molar-refractivity contribution >= 4 is 182 Å². The van der Waals surface area contributed by atoms with Crippen LogP contribution in [0.15, 0.2) is 72.8 Å². The SMILES string of the molecule is CC(O)[C@@H]1NC(=O)[C@H](CCCCN)NC(=O)c2cc([N+](=O)[O-])cc(I)c2OCCC(C(N)=O)NC1=O.NC(=O)C[C@@H]1NC(=O)[C@H](CCC(=O)O)NC(=O)c2ccccc2CSCC(C(N)=O)NC1=O.NCCCC[C@H]1NC(=O)[C@H](CCC(=O)O)NC(=O)c2cc([N+](=O)[O-])ccc2OCC(C(=O)NCC(N)=O)NC(=O)[C@@H](CCCCN)NC(=O)[C@H](CCC(=O)O)NC(=O)c2cc([N+](=O)[O-])ccc2OCC(C(=O)NCC(N)=O)NC1=O. The van der Waals surface area contributed by atoms with E-state index < -0.39 is 322 Å². The zero-order valence-electron chi connectivity index (χ0n) is 79.7. The van der Waals surface area contributed by atoms with Gasteiger partial charge in [0.05, 0.1) is 67.3 Å². The highest BCUT2D eigenvalue weighted by Gasteiger charge is 2.40. The number of rotatable bonds is 35. The second kappa shape index (κ2) is 61.9. The van der Waals surface area contributed by atoms with Crippen molar-refractivity contribution in [1.29, 1.82) is 0 Å². The van der Waals surface area contributed by atoms with Gasteiger partial charge in [0.25, 0.3) is 40.7 Å². The summed E-state index contributed by atoms with van der Waals surface area (Å²) in [4.78, 5) is 316. The molecule has 0 saturated heterocycles. The van der Waals surface area contributed by atoms with E-state index >= 15 is 0 Å². The summed E-state index contributed by atoms with van der Waals surface area (Å²) in [5.41, 5.74) is 40.7. The molecule has 149 heavy (non-hydrogen) atoms. The van der Waals surface area contributed by atoms with Crippen LogP contribution in [0.25, 0.3) is 0 Å². The van der Waals surface area contributed by atoms with Gasteiger partial charge in [-0.1, -0.05) is 18.2 Å². The maximum Gasteiger partial charge on any atom is 0.303 e. The summed E-state index contributed by atoms with van der Waals surface area (Å²) in [6.45, 7) is -1.99. The van der Waals surface area contributed by atoms with Gasteiger partial charge < -0.3 is 155 Å². The van der Waals surface area contributed by atoms with Gasteiger partial charge in [-0.15, -0.1) is 0 Å². The van der Waals surface area contributed by atoms with E-state index in [-0.39, 0.29) is 109 Å². The fourth-order valence-electron chi connectivity index (χ4n) is 13.9. The van der Waals surface area contributed by atoms with Gasteiger partial charge in [-0.05, 0) is 150 Å². The number of non-ortho nitro benzene ring substituents is 3. The Bertz CT molecular complexity index is 5450. The molecule has 0 radical (unpaired) electrons. The van der Waals surface area contributed by atoms with Crippen LogP contribution in [0.2, 0.25) is 0 Å². The molecular weight excluding hydrogens is 2110 g/mol. The first-order chi connectivity index (χ1) is 70.4. The third kappa shape index (κ3) is 41.7. The van der Waals surface area contributed by atoms with E-state index in [0.29, 0.717) is 42.8 Å². The molecule has 3 heterocycles. The second-order valence-electron chi connectivity index (χ2n) is 33.1. The average molecular weight is 2230 g/mol. The zero-order valence-corrected chi connectivity index (χ0v) is 82.7. The van der Waals surface area contributed by atoms with Crippen molar-refractivity contribution < 1.29 is 155 Å². The molecule has 0 fully saturated rings. The Morgan fingerprint density at radius 2 is 0.779 bits per heavy atom. The highest BCUT2D eigenvalue weighted by Crippen LogP contribution is 2.33. The monoisotopic (exact) mass is 2230 g/mol. The lowest BCUT2D eigenvalue weighted by atomic mass is 10.0. The van der Waals surface area contributed by atoms with Crippen molar-refractivity contribution in [3.05, 3.63) is 135 Å². The van der Waals surface area contributed by atoms with Gasteiger partial charge in [0, 0.05) is 79.2 Å². The van der Waals surface area contributed by atoms with Crippen molar-refractivity contribution in [3.8, 4) is 17.2 Å². The molecule has 4 aromatic rings. The van der Waals surface area contributed by atoms with Gasteiger partial charge in [0.2, 0.25) is 88.6 Å². The molecule has 812 valence electrons. The van der Waals surface area contributed by atoms with Crippen LogP contribution in [-0.2, 0) is 92.1 Å². The molecule has 4 aromatic carbocycles. The van der Waals surface area contributed by atoms with E-state index in [1.165, 1.54) is 24.8 Å². The Morgan fingerprint density at radius 3 is 1.17 bits per heavy atom. The molecule has 5 unspecified atom stereocenters. The summed E-state index contributed by atoms with van der Waals surface area (Å²) in [5.74, 6) is -24.2. The molecule has 0 bridgehead atoms. The lowest BCUT2D eigenvalue weighted by Gasteiger charge is -2.27.